The van der Waals surface area contributed by atoms with E-state index >= 15 is 0 Å². The van der Waals surface area contributed by atoms with Crippen molar-refractivity contribution < 1.29 is 28.5 Å². The first kappa shape index (κ1) is 25.9. The maximum absolute atomic E-state index is 13.8. The van der Waals surface area contributed by atoms with E-state index in [2.05, 4.69) is 4.99 Å². The predicted octanol–water partition coefficient (Wildman–Crippen LogP) is 2.60. The van der Waals surface area contributed by atoms with Gasteiger partial charge in [0, 0.05) is 5.56 Å². The van der Waals surface area contributed by atoms with E-state index < -0.39 is 18.0 Å². The Balaban J connectivity index is 1.94. The zero-order chi connectivity index (χ0) is 26.7. The van der Waals surface area contributed by atoms with Crippen LogP contribution in [-0.4, -0.2) is 44.4 Å². The molecule has 2 heterocycles. The summed E-state index contributed by atoms with van der Waals surface area (Å²) in [6.07, 6.45) is 1.72. The van der Waals surface area contributed by atoms with Crippen LogP contribution in [0.2, 0.25) is 0 Å². The quantitative estimate of drug-likeness (QED) is 0.439. The van der Waals surface area contributed by atoms with Crippen LogP contribution < -0.4 is 24.4 Å². The average Bonchev–Trinajstić information content (AvgIpc) is 3.21. The van der Waals surface area contributed by atoms with Crippen LogP contribution >= 0.6 is 11.3 Å². The van der Waals surface area contributed by atoms with Crippen molar-refractivity contribution in [1.29, 1.82) is 0 Å². The molecule has 3 aromatic rings. The van der Waals surface area contributed by atoms with E-state index in [-0.39, 0.29) is 17.7 Å². The van der Waals surface area contributed by atoms with Crippen LogP contribution in [0.25, 0.3) is 6.08 Å². The third-order valence-corrected chi connectivity index (χ3v) is 6.86. The summed E-state index contributed by atoms with van der Waals surface area (Å²) in [4.78, 5) is 43.6. The molecule has 1 aromatic heterocycles. The molecular formula is C27H26N2O7S. The molecule has 10 heteroatoms. The van der Waals surface area contributed by atoms with Crippen molar-refractivity contribution in [2.24, 2.45) is 4.99 Å². The molecule has 0 N–H and O–H groups in total. The summed E-state index contributed by atoms with van der Waals surface area (Å²) in [5.74, 6) is 0.0168. The van der Waals surface area contributed by atoms with Crippen molar-refractivity contribution in [3.05, 3.63) is 90.1 Å². The minimum Gasteiger partial charge on any atom is -0.497 e. The Morgan fingerprint density at radius 2 is 1.78 bits per heavy atom. The Hall–Kier alpha value is -4.18. The topological polar surface area (TPSA) is 105 Å². The SMILES string of the molecule is CCOC(=O)C1=C(C)N=c2s/c(=C/c3ccc(C(=O)OC)cc3)c(=O)n2C1c1cc(OC)ccc1OC. The molecule has 192 valence electrons. The molecule has 0 amide bonds. The first-order valence-electron chi connectivity index (χ1n) is 11.4. The Morgan fingerprint density at radius 1 is 1.05 bits per heavy atom. The molecule has 2 aromatic carbocycles. The molecule has 9 nitrogen and oxygen atoms in total. The number of rotatable bonds is 7. The fraction of sp³-hybridized carbons (Fsp3) is 0.259. The van der Waals surface area contributed by atoms with Gasteiger partial charge in [-0.3, -0.25) is 9.36 Å². The van der Waals surface area contributed by atoms with Crippen LogP contribution in [0, 0.1) is 0 Å². The maximum atomic E-state index is 13.8. The highest BCUT2D eigenvalue weighted by molar-refractivity contribution is 7.07. The molecule has 0 fully saturated rings. The number of allylic oxidation sites excluding steroid dienone is 1. The van der Waals surface area contributed by atoms with Gasteiger partial charge in [-0.15, -0.1) is 0 Å². The number of nitrogens with zero attached hydrogens (tertiary/aromatic N) is 2. The molecule has 1 unspecified atom stereocenters. The van der Waals surface area contributed by atoms with Crippen LogP contribution in [0.4, 0.5) is 0 Å². The first-order valence-corrected chi connectivity index (χ1v) is 12.2. The predicted molar refractivity (Wildman–Crippen MR) is 138 cm³/mol. The molecule has 0 aliphatic carbocycles. The molecule has 0 bridgehead atoms. The molecule has 0 saturated carbocycles. The second-order valence-corrected chi connectivity index (χ2v) is 9.03. The number of esters is 2. The minimum absolute atomic E-state index is 0.170. The summed E-state index contributed by atoms with van der Waals surface area (Å²) in [6.45, 7) is 3.60. The molecule has 0 radical (unpaired) electrons. The van der Waals surface area contributed by atoms with Crippen LogP contribution in [0.1, 0.15) is 41.4 Å². The number of benzene rings is 2. The fourth-order valence-electron chi connectivity index (χ4n) is 4.12. The lowest BCUT2D eigenvalue weighted by Gasteiger charge is -2.26. The van der Waals surface area contributed by atoms with E-state index in [4.69, 9.17) is 18.9 Å². The second-order valence-electron chi connectivity index (χ2n) is 8.02. The summed E-state index contributed by atoms with van der Waals surface area (Å²) in [5, 5.41) is 0. The number of methoxy groups -OCH3 is 3. The van der Waals surface area contributed by atoms with Gasteiger partial charge in [-0.2, -0.15) is 0 Å². The molecular weight excluding hydrogens is 496 g/mol. The van der Waals surface area contributed by atoms with E-state index in [9.17, 15) is 14.4 Å². The minimum atomic E-state index is -0.843. The number of carbonyl (C=O) groups is 2. The lowest BCUT2D eigenvalue weighted by atomic mass is 9.94. The van der Waals surface area contributed by atoms with Gasteiger partial charge < -0.3 is 18.9 Å². The van der Waals surface area contributed by atoms with Crippen molar-refractivity contribution in [1.82, 2.24) is 4.57 Å². The summed E-state index contributed by atoms with van der Waals surface area (Å²) < 4.78 is 23.0. The van der Waals surface area contributed by atoms with Crippen LogP contribution in [-0.2, 0) is 14.3 Å². The molecule has 37 heavy (non-hydrogen) atoms. The van der Waals surface area contributed by atoms with Crippen molar-refractivity contribution in [3.8, 4) is 11.5 Å². The van der Waals surface area contributed by atoms with Gasteiger partial charge in [-0.1, -0.05) is 23.5 Å². The molecule has 1 aliphatic heterocycles. The Morgan fingerprint density at radius 3 is 2.41 bits per heavy atom. The number of hydrogen-bond acceptors (Lipinski definition) is 9. The van der Waals surface area contributed by atoms with Gasteiger partial charge in [-0.05, 0) is 55.8 Å². The fourth-order valence-corrected chi connectivity index (χ4v) is 5.17. The maximum Gasteiger partial charge on any atom is 0.338 e. The zero-order valence-corrected chi connectivity index (χ0v) is 21.9. The van der Waals surface area contributed by atoms with E-state index in [0.29, 0.717) is 37.7 Å². The van der Waals surface area contributed by atoms with Gasteiger partial charge in [0.05, 0.1) is 49.3 Å². The smallest absolute Gasteiger partial charge is 0.338 e. The molecule has 0 saturated heterocycles. The largest absolute Gasteiger partial charge is 0.497 e. The van der Waals surface area contributed by atoms with Gasteiger partial charge in [0.25, 0.3) is 5.56 Å². The molecule has 0 spiro atoms. The van der Waals surface area contributed by atoms with Gasteiger partial charge in [0.15, 0.2) is 4.80 Å². The highest BCUT2D eigenvalue weighted by Gasteiger charge is 2.35. The Labute approximate surface area is 216 Å². The average molecular weight is 523 g/mol. The number of hydrogen-bond donors (Lipinski definition) is 0. The summed E-state index contributed by atoms with van der Waals surface area (Å²) in [5.41, 5.74) is 2.05. The van der Waals surface area contributed by atoms with Gasteiger partial charge >= 0.3 is 11.9 Å². The highest BCUT2D eigenvalue weighted by Crippen LogP contribution is 2.37. The van der Waals surface area contributed by atoms with Gasteiger partial charge in [0.2, 0.25) is 0 Å². The van der Waals surface area contributed by atoms with Crippen molar-refractivity contribution >= 4 is 29.4 Å². The van der Waals surface area contributed by atoms with E-state index in [1.165, 1.54) is 37.2 Å². The summed E-state index contributed by atoms with van der Waals surface area (Å²) in [7, 11) is 4.38. The summed E-state index contributed by atoms with van der Waals surface area (Å²) in [6, 6.07) is 11.1. The van der Waals surface area contributed by atoms with E-state index in [1.54, 1.807) is 62.4 Å². The van der Waals surface area contributed by atoms with Crippen molar-refractivity contribution in [2.45, 2.75) is 19.9 Å². The van der Waals surface area contributed by atoms with Gasteiger partial charge in [0.1, 0.15) is 17.5 Å². The zero-order valence-electron chi connectivity index (χ0n) is 21.1. The first-order chi connectivity index (χ1) is 17.8. The highest BCUT2D eigenvalue weighted by atomic mass is 32.1. The van der Waals surface area contributed by atoms with Crippen LogP contribution in [0.3, 0.4) is 0 Å². The van der Waals surface area contributed by atoms with E-state index in [0.717, 1.165) is 5.56 Å². The Bertz CT molecular complexity index is 1570. The molecule has 1 atom stereocenters. The van der Waals surface area contributed by atoms with Gasteiger partial charge in [-0.25, -0.2) is 14.6 Å². The number of aromatic nitrogens is 1. The molecule has 4 rings (SSSR count). The van der Waals surface area contributed by atoms with E-state index in [1.807, 2.05) is 0 Å². The Kier molecular flexibility index (Phi) is 7.58. The molecule has 1 aliphatic rings. The normalized spacial score (nSPS) is 15.1. The van der Waals surface area contributed by atoms with Crippen LogP contribution in [0.5, 0.6) is 11.5 Å². The summed E-state index contributed by atoms with van der Waals surface area (Å²) >= 11 is 1.20. The number of ether oxygens (including phenoxy) is 4. The lowest BCUT2D eigenvalue weighted by molar-refractivity contribution is -0.139. The number of fused-ring (bicyclic) bond motifs is 1. The van der Waals surface area contributed by atoms with Crippen molar-refractivity contribution in [3.63, 3.8) is 0 Å². The van der Waals surface area contributed by atoms with Crippen molar-refractivity contribution in [2.75, 3.05) is 27.9 Å². The lowest BCUT2D eigenvalue weighted by Crippen LogP contribution is -2.40. The third kappa shape index (κ3) is 4.92. The number of carbonyl (C=O) groups excluding carboxylic acids is 2. The third-order valence-electron chi connectivity index (χ3n) is 5.88. The standard InChI is InChI=1S/C27H26N2O7S/c1-6-36-26(32)22-15(2)28-27-29(23(22)19-14-18(33-3)11-12-20(19)34-4)24(30)21(37-27)13-16-7-9-17(10-8-16)25(31)35-5/h7-14,23H,6H2,1-5H3/b21-13+. The second kappa shape index (κ2) is 10.8. The number of thiazole rings is 1. The monoisotopic (exact) mass is 522 g/mol. The van der Waals surface area contributed by atoms with Crippen LogP contribution in [0.15, 0.2) is 63.5 Å².